The molecule has 0 aromatic heterocycles. The maximum atomic E-state index is 6.14. The lowest BCUT2D eigenvalue weighted by Gasteiger charge is -2.18. The molecule has 0 aliphatic heterocycles. The number of halogens is 2. The van der Waals surface area contributed by atoms with Crippen LogP contribution in [0.1, 0.15) is 24.9 Å². The van der Waals surface area contributed by atoms with Crippen LogP contribution in [0.3, 0.4) is 0 Å². The van der Waals surface area contributed by atoms with Crippen molar-refractivity contribution in [3.8, 4) is 11.8 Å². The van der Waals surface area contributed by atoms with Gasteiger partial charge in [-0.25, -0.2) is 0 Å². The maximum Gasteiger partial charge on any atom is 0.0469 e. The van der Waals surface area contributed by atoms with Gasteiger partial charge in [-0.15, -0.1) is 11.8 Å². The molecule has 4 heteroatoms. The molecule has 0 radical (unpaired) electrons. The van der Waals surface area contributed by atoms with Crippen molar-refractivity contribution in [1.82, 2.24) is 5.32 Å². The summed E-state index contributed by atoms with van der Waals surface area (Å²) in [7, 11) is 0. The summed E-state index contributed by atoms with van der Waals surface area (Å²) in [5.74, 6) is 5.85. The summed E-state index contributed by atoms with van der Waals surface area (Å²) < 4.78 is 0. The van der Waals surface area contributed by atoms with Crippen molar-refractivity contribution in [1.29, 1.82) is 0 Å². The molecule has 1 rings (SSSR count). The van der Waals surface area contributed by atoms with Gasteiger partial charge in [-0.1, -0.05) is 29.3 Å². The molecule has 2 nitrogen and oxygen atoms in total. The Labute approximate surface area is 112 Å². The van der Waals surface area contributed by atoms with E-state index in [-0.39, 0.29) is 6.04 Å². The standard InChI is InChI=1S/C13H16Cl2N2/c1-2-3-4-7-17-13(9-16)11-6-5-10(14)8-12(11)15/h5-6,8,13,17H,4,7,9,16H2,1H3. The zero-order valence-electron chi connectivity index (χ0n) is 9.76. The Kier molecular flexibility index (Phi) is 6.39. The first-order valence-electron chi connectivity index (χ1n) is 5.47. The minimum atomic E-state index is 0.0402. The fourth-order valence-corrected chi connectivity index (χ4v) is 2.08. The SMILES string of the molecule is CC#CCCNC(CN)c1ccc(Cl)cc1Cl. The van der Waals surface area contributed by atoms with E-state index in [2.05, 4.69) is 17.2 Å². The van der Waals surface area contributed by atoms with Crippen molar-refractivity contribution in [2.45, 2.75) is 19.4 Å². The van der Waals surface area contributed by atoms with Crippen molar-refractivity contribution < 1.29 is 0 Å². The van der Waals surface area contributed by atoms with E-state index < -0.39 is 0 Å². The molecule has 0 heterocycles. The normalized spacial score (nSPS) is 11.8. The largest absolute Gasteiger partial charge is 0.329 e. The van der Waals surface area contributed by atoms with Crippen molar-refractivity contribution in [2.24, 2.45) is 5.73 Å². The minimum Gasteiger partial charge on any atom is -0.329 e. The second kappa shape index (κ2) is 7.58. The number of nitrogens with one attached hydrogen (secondary N) is 1. The van der Waals surface area contributed by atoms with Crippen molar-refractivity contribution in [3.63, 3.8) is 0 Å². The third-order valence-electron chi connectivity index (χ3n) is 2.39. The highest BCUT2D eigenvalue weighted by molar-refractivity contribution is 6.35. The lowest BCUT2D eigenvalue weighted by atomic mass is 10.1. The Morgan fingerprint density at radius 2 is 2.18 bits per heavy atom. The van der Waals surface area contributed by atoms with Crippen molar-refractivity contribution >= 4 is 23.2 Å². The van der Waals surface area contributed by atoms with Crippen LogP contribution < -0.4 is 11.1 Å². The number of hydrogen-bond acceptors (Lipinski definition) is 2. The predicted octanol–water partition coefficient (Wildman–Crippen LogP) is 3.00. The zero-order valence-corrected chi connectivity index (χ0v) is 11.3. The highest BCUT2D eigenvalue weighted by atomic mass is 35.5. The summed E-state index contributed by atoms with van der Waals surface area (Å²) >= 11 is 12.0. The minimum absolute atomic E-state index is 0.0402. The third kappa shape index (κ3) is 4.57. The molecular formula is C13H16Cl2N2. The highest BCUT2D eigenvalue weighted by Gasteiger charge is 2.12. The molecule has 0 saturated heterocycles. The molecule has 3 N–H and O–H groups in total. The monoisotopic (exact) mass is 270 g/mol. The van der Waals surface area contributed by atoms with E-state index >= 15 is 0 Å². The van der Waals surface area contributed by atoms with E-state index in [0.29, 0.717) is 16.6 Å². The Balaban J connectivity index is 2.68. The van der Waals surface area contributed by atoms with E-state index in [0.717, 1.165) is 18.5 Å². The predicted molar refractivity (Wildman–Crippen MR) is 74.3 cm³/mol. The van der Waals surface area contributed by atoms with Crippen LogP contribution >= 0.6 is 23.2 Å². The molecule has 1 aromatic carbocycles. The molecule has 1 atom stereocenters. The highest BCUT2D eigenvalue weighted by Crippen LogP contribution is 2.25. The molecule has 1 aromatic rings. The van der Waals surface area contributed by atoms with Gasteiger partial charge in [0.1, 0.15) is 0 Å². The average Bonchev–Trinajstić information content (AvgIpc) is 2.31. The van der Waals surface area contributed by atoms with E-state index in [9.17, 15) is 0 Å². The molecular weight excluding hydrogens is 255 g/mol. The molecule has 0 bridgehead atoms. The second-order valence-corrected chi connectivity index (χ2v) is 4.43. The summed E-state index contributed by atoms with van der Waals surface area (Å²) in [5.41, 5.74) is 6.71. The van der Waals surface area contributed by atoms with Crippen LogP contribution in [0.4, 0.5) is 0 Å². The van der Waals surface area contributed by atoms with Gasteiger partial charge in [0.15, 0.2) is 0 Å². The molecule has 0 saturated carbocycles. The van der Waals surface area contributed by atoms with Gasteiger partial charge in [-0.3, -0.25) is 0 Å². The summed E-state index contributed by atoms with van der Waals surface area (Å²) in [4.78, 5) is 0. The molecule has 0 spiro atoms. The Morgan fingerprint density at radius 3 is 2.76 bits per heavy atom. The van der Waals surface area contributed by atoms with Crippen LogP contribution in [0.15, 0.2) is 18.2 Å². The van der Waals surface area contributed by atoms with Crippen LogP contribution in [-0.4, -0.2) is 13.1 Å². The summed E-state index contributed by atoms with van der Waals surface area (Å²) in [6, 6.07) is 5.49. The topological polar surface area (TPSA) is 38.0 Å². The van der Waals surface area contributed by atoms with Gasteiger partial charge >= 0.3 is 0 Å². The van der Waals surface area contributed by atoms with Gasteiger partial charge in [-0.05, 0) is 24.6 Å². The molecule has 92 valence electrons. The number of nitrogens with two attached hydrogens (primary N) is 1. The molecule has 17 heavy (non-hydrogen) atoms. The summed E-state index contributed by atoms with van der Waals surface area (Å²) in [5, 5.41) is 4.60. The van der Waals surface area contributed by atoms with Crippen LogP contribution in [0, 0.1) is 11.8 Å². The van der Waals surface area contributed by atoms with Crippen LogP contribution in [0.5, 0.6) is 0 Å². The quantitative estimate of drug-likeness (QED) is 0.638. The summed E-state index contributed by atoms with van der Waals surface area (Å²) in [6.45, 7) is 3.11. The average molecular weight is 271 g/mol. The van der Waals surface area contributed by atoms with Gasteiger partial charge in [-0.2, -0.15) is 0 Å². The first-order chi connectivity index (χ1) is 8.19. The Morgan fingerprint density at radius 1 is 1.41 bits per heavy atom. The zero-order chi connectivity index (χ0) is 12.7. The third-order valence-corrected chi connectivity index (χ3v) is 2.95. The first kappa shape index (κ1) is 14.3. The molecule has 1 unspecified atom stereocenters. The van der Waals surface area contributed by atoms with Crippen molar-refractivity contribution in [2.75, 3.05) is 13.1 Å². The number of hydrogen-bond donors (Lipinski definition) is 2. The second-order valence-electron chi connectivity index (χ2n) is 3.59. The molecule has 0 aliphatic rings. The van der Waals surface area contributed by atoms with E-state index in [1.165, 1.54) is 0 Å². The number of benzene rings is 1. The van der Waals surface area contributed by atoms with Crippen molar-refractivity contribution in [3.05, 3.63) is 33.8 Å². The van der Waals surface area contributed by atoms with Gasteiger partial charge in [0.05, 0.1) is 0 Å². The lowest BCUT2D eigenvalue weighted by Crippen LogP contribution is -2.29. The van der Waals surface area contributed by atoms with Gasteiger partial charge < -0.3 is 11.1 Å². The van der Waals surface area contributed by atoms with Crippen LogP contribution in [0.25, 0.3) is 0 Å². The Hall–Kier alpha value is -0.720. The molecule has 0 fully saturated rings. The van der Waals surface area contributed by atoms with Crippen LogP contribution in [0.2, 0.25) is 10.0 Å². The fraction of sp³-hybridized carbons (Fsp3) is 0.385. The number of rotatable bonds is 5. The first-order valence-corrected chi connectivity index (χ1v) is 6.22. The maximum absolute atomic E-state index is 6.14. The van der Waals surface area contributed by atoms with Crippen LogP contribution in [-0.2, 0) is 0 Å². The van der Waals surface area contributed by atoms with E-state index in [4.69, 9.17) is 28.9 Å². The van der Waals surface area contributed by atoms with E-state index in [1.807, 2.05) is 19.1 Å². The van der Waals surface area contributed by atoms with Gasteiger partial charge in [0.25, 0.3) is 0 Å². The summed E-state index contributed by atoms with van der Waals surface area (Å²) in [6.07, 6.45) is 0.804. The lowest BCUT2D eigenvalue weighted by molar-refractivity contribution is 0.551. The molecule has 0 amide bonds. The Bertz CT molecular complexity index is 421. The van der Waals surface area contributed by atoms with E-state index in [1.54, 1.807) is 6.07 Å². The van der Waals surface area contributed by atoms with Gasteiger partial charge in [0.2, 0.25) is 0 Å². The van der Waals surface area contributed by atoms with Gasteiger partial charge in [0, 0.05) is 35.6 Å². The molecule has 0 aliphatic carbocycles. The fourth-order valence-electron chi connectivity index (χ4n) is 1.54. The smallest absolute Gasteiger partial charge is 0.0469 e.